The van der Waals surface area contributed by atoms with Gasteiger partial charge in [0.05, 0.1) is 25.2 Å². The molecule has 2 aromatic rings. The van der Waals surface area contributed by atoms with E-state index in [0.717, 1.165) is 31.7 Å². The third-order valence-electron chi connectivity index (χ3n) is 16.1. The van der Waals surface area contributed by atoms with Gasteiger partial charge in [0.1, 0.15) is 41.8 Å². The quantitative estimate of drug-likeness (QED) is 0.247. The van der Waals surface area contributed by atoms with Gasteiger partial charge in [0.15, 0.2) is 0 Å². The molecule has 2 aliphatic rings. The molecule has 2 aromatic carbocycles. The highest BCUT2D eigenvalue weighted by atomic mass is 35.5. The molecule has 89 heavy (non-hydrogen) atoms. The Hall–Kier alpha value is -7.31. The maximum Gasteiger partial charge on any atom is 0.416 e. The molecule has 2 aliphatic heterocycles. The van der Waals surface area contributed by atoms with Crippen LogP contribution < -0.4 is 21.3 Å². The number of amides is 11. The molecule has 11 amide bonds. The van der Waals surface area contributed by atoms with Crippen molar-refractivity contribution in [2.24, 2.45) is 17.8 Å². The highest BCUT2D eigenvalue weighted by molar-refractivity contribution is 6.30. The Balaban J connectivity index is 1.79. The molecule has 22 nitrogen and oxygen atoms in total. The molecule has 0 spiro atoms. The Morgan fingerprint density at radius 3 is 1.65 bits per heavy atom. The fourth-order valence-electron chi connectivity index (χ4n) is 10.9. The Kier molecular flexibility index (Phi) is 27.0. The Morgan fingerprint density at radius 2 is 1.09 bits per heavy atom. The third-order valence-corrected chi connectivity index (χ3v) is 16.3. The van der Waals surface area contributed by atoms with Crippen molar-refractivity contribution in [1.29, 1.82) is 0 Å². The lowest BCUT2D eigenvalue weighted by Gasteiger charge is -2.37. The van der Waals surface area contributed by atoms with Crippen LogP contribution in [-0.2, 0) is 71.8 Å². The second-order valence-electron chi connectivity index (χ2n) is 25.7. The van der Waals surface area contributed by atoms with Crippen LogP contribution in [0.2, 0.25) is 5.02 Å². The molecular formula is C63H93ClF3N11O11. The van der Waals surface area contributed by atoms with Crippen LogP contribution in [0.25, 0.3) is 0 Å². The third kappa shape index (κ3) is 21.4. The average molecular weight is 1270 g/mol. The number of halogens is 4. The van der Waals surface area contributed by atoms with Crippen molar-refractivity contribution < 1.29 is 65.9 Å². The van der Waals surface area contributed by atoms with Crippen molar-refractivity contribution in [3.63, 3.8) is 0 Å². The van der Waals surface area contributed by atoms with Crippen LogP contribution in [0.5, 0.6) is 0 Å². The van der Waals surface area contributed by atoms with Crippen LogP contribution in [0.15, 0.2) is 48.5 Å². The van der Waals surface area contributed by atoms with Crippen molar-refractivity contribution in [3.8, 4) is 0 Å². The van der Waals surface area contributed by atoms with E-state index in [1.165, 1.54) is 83.0 Å². The zero-order chi connectivity index (χ0) is 67.2. The van der Waals surface area contributed by atoms with E-state index < -0.39 is 144 Å². The van der Waals surface area contributed by atoms with Crippen molar-refractivity contribution in [3.05, 3.63) is 70.2 Å². The van der Waals surface area contributed by atoms with Crippen LogP contribution in [0.3, 0.4) is 0 Å². The fourth-order valence-corrected chi connectivity index (χ4v) is 11.1. The monoisotopic (exact) mass is 1270 g/mol. The predicted octanol–water partition coefficient (Wildman–Crippen LogP) is 4.29. The second kappa shape index (κ2) is 32.4. The average Bonchev–Trinajstić information content (AvgIpc) is 2.23. The summed E-state index contributed by atoms with van der Waals surface area (Å²) < 4.78 is 40.6. The van der Waals surface area contributed by atoms with Crippen LogP contribution in [-0.4, -0.2) is 216 Å². The maximum absolute atomic E-state index is 14.8. The molecule has 2 heterocycles. The summed E-state index contributed by atoms with van der Waals surface area (Å²) >= 11 is 6.19. The standard InChI is InChI=1S/C63H93ClF3N11O11/c1-37(2)29-46-58(86)74(12)35-53(81)72(10)36-54(82)76(14)50(33-42-20-25-44(64)26-21-42)60(88)73(11)34-51(79)69-45(27-22-41-18-23-43(24-19-41)63(65,66)67)59(87)78-28-16-17-47(78)57(85)71-62(8,9)61(89)77(15)49(31-39(5)6)55(83)68-40(7)32-52(80)75(13)48(30-38(3)4)56(84)70-46/h18-21,23-26,37-40,45-50H,16-17,22,27-36H2,1-15H3,(H,68,83)(H,69,79)(H,70,84)(H,71,85)/t40-,45+,46+,47+,48+,49+,50+/m1/s1. The van der Waals surface area contributed by atoms with E-state index in [0.29, 0.717) is 22.6 Å². The van der Waals surface area contributed by atoms with Gasteiger partial charge in [-0.3, -0.25) is 52.7 Å². The lowest BCUT2D eigenvalue weighted by atomic mass is 9.97. The van der Waals surface area contributed by atoms with E-state index in [4.69, 9.17) is 11.6 Å². The van der Waals surface area contributed by atoms with Gasteiger partial charge >= 0.3 is 6.18 Å². The number of nitrogens with zero attached hydrogens (tertiary/aromatic N) is 7. The lowest BCUT2D eigenvalue weighted by molar-refractivity contribution is -0.148. The number of benzene rings is 2. The number of nitrogens with one attached hydrogen (secondary N) is 4. The summed E-state index contributed by atoms with van der Waals surface area (Å²) in [6.07, 6.45) is -4.19. The molecule has 2 fully saturated rings. The van der Waals surface area contributed by atoms with Gasteiger partial charge in [-0.25, -0.2) is 0 Å². The first-order valence-electron chi connectivity index (χ1n) is 30.3. The molecule has 0 saturated carbocycles. The Labute approximate surface area is 526 Å². The molecule has 4 N–H and O–H groups in total. The summed E-state index contributed by atoms with van der Waals surface area (Å²) in [6, 6.07) is 2.72. The number of aryl methyl sites for hydroxylation is 1. The van der Waals surface area contributed by atoms with Gasteiger partial charge in [-0.2, -0.15) is 13.2 Å². The zero-order valence-electron chi connectivity index (χ0n) is 54.2. The smallest absolute Gasteiger partial charge is 0.351 e. The fraction of sp³-hybridized carbons (Fsp3) is 0.635. The van der Waals surface area contributed by atoms with Gasteiger partial charge < -0.3 is 55.6 Å². The predicted molar refractivity (Wildman–Crippen MR) is 329 cm³/mol. The summed E-state index contributed by atoms with van der Waals surface area (Å²) in [7, 11) is 8.25. The zero-order valence-corrected chi connectivity index (χ0v) is 55.0. The van der Waals surface area contributed by atoms with Gasteiger partial charge in [0, 0.05) is 72.7 Å². The van der Waals surface area contributed by atoms with Gasteiger partial charge in [-0.1, -0.05) is 77.4 Å². The summed E-state index contributed by atoms with van der Waals surface area (Å²) in [6.45, 7) is 13.9. The number of hydrogen-bond donors (Lipinski definition) is 4. The summed E-state index contributed by atoms with van der Waals surface area (Å²) in [5.74, 6) is -7.81. The molecule has 494 valence electrons. The molecule has 0 unspecified atom stereocenters. The van der Waals surface area contributed by atoms with Crippen LogP contribution >= 0.6 is 11.6 Å². The normalized spacial score (nSPS) is 24.1. The second-order valence-corrected chi connectivity index (χ2v) is 26.1. The van der Waals surface area contributed by atoms with E-state index >= 15 is 0 Å². The van der Waals surface area contributed by atoms with E-state index in [9.17, 15) is 65.9 Å². The first-order valence-corrected chi connectivity index (χ1v) is 30.7. The van der Waals surface area contributed by atoms with Crippen molar-refractivity contribution in [1.82, 2.24) is 55.6 Å². The molecule has 0 aromatic heterocycles. The largest absolute Gasteiger partial charge is 0.416 e. The number of alkyl halides is 3. The number of rotatable bonds is 11. The van der Waals surface area contributed by atoms with Gasteiger partial charge in [-0.15, -0.1) is 0 Å². The number of fused-ring (bicyclic) bond motifs is 1. The number of carbonyl (C=O) groups excluding carboxylic acids is 11. The van der Waals surface area contributed by atoms with Gasteiger partial charge in [0.25, 0.3) is 0 Å². The van der Waals surface area contributed by atoms with Gasteiger partial charge in [-0.05, 0) is 119 Å². The van der Waals surface area contributed by atoms with Crippen molar-refractivity contribution in [2.75, 3.05) is 68.5 Å². The lowest BCUT2D eigenvalue weighted by Crippen LogP contribution is -2.62. The minimum Gasteiger partial charge on any atom is -0.351 e. The maximum atomic E-state index is 14.8. The van der Waals surface area contributed by atoms with Crippen molar-refractivity contribution in [2.45, 2.75) is 174 Å². The molecule has 0 bridgehead atoms. The van der Waals surface area contributed by atoms with Crippen molar-refractivity contribution >= 4 is 76.6 Å². The van der Waals surface area contributed by atoms with E-state index in [1.807, 2.05) is 41.5 Å². The number of carbonyl (C=O) groups is 11. The molecule has 2 saturated heterocycles. The van der Waals surface area contributed by atoms with Crippen LogP contribution in [0, 0.1) is 17.8 Å². The highest BCUT2D eigenvalue weighted by Gasteiger charge is 2.44. The highest BCUT2D eigenvalue weighted by Crippen LogP contribution is 2.30. The molecule has 7 atom stereocenters. The minimum atomic E-state index is -4.62. The topological polar surface area (TPSA) is 259 Å². The molecule has 4 rings (SSSR count). The molecular weight excluding hydrogens is 1180 g/mol. The number of likely N-dealkylation sites (N-methyl/N-ethyl adjacent to an activating group) is 6. The Morgan fingerprint density at radius 1 is 0.573 bits per heavy atom. The minimum absolute atomic E-state index is 0.0192. The molecule has 0 aliphatic carbocycles. The SMILES string of the molecule is CC(C)C[C@@H]1NC(=O)[C@H](CC(C)C)N(C)C(=O)C[C@@H](C)NC(=O)[C@H](CC(C)C)N(C)C(=O)C(C)(C)NC(=O)[C@@H]2CCCN2C(=O)[C@H](CCc2ccc(C(F)(F)F)cc2)NC(=O)CN(C)C(=O)[C@H](Cc2ccc(Cl)cc2)N(C)C(=O)CN(C)C(=O)CN(C)C1=O. The Bertz CT molecular complexity index is 2860. The number of hydrogen-bond acceptors (Lipinski definition) is 11. The van der Waals surface area contributed by atoms with Crippen LogP contribution in [0.4, 0.5) is 13.2 Å². The van der Waals surface area contributed by atoms with Crippen LogP contribution in [0.1, 0.15) is 124 Å². The van der Waals surface area contributed by atoms with E-state index in [-0.39, 0.29) is 75.7 Å². The van der Waals surface area contributed by atoms with E-state index in [2.05, 4.69) is 21.3 Å². The summed E-state index contributed by atoms with van der Waals surface area (Å²) in [4.78, 5) is 166. The van der Waals surface area contributed by atoms with Gasteiger partial charge in [0.2, 0.25) is 65.0 Å². The summed E-state index contributed by atoms with van der Waals surface area (Å²) in [5, 5.41) is 11.6. The van der Waals surface area contributed by atoms with E-state index in [1.54, 1.807) is 31.2 Å². The first-order chi connectivity index (χ1) is 41.3. The molecule has 0 radical (unpaired) electrons. The first kappa shape index (κ1) is 74.2. The summed E-state index contributed by atoms with van der Waals surface area (Å²) in [5.41, 5.74) is -1.63. The molecule has 26 heteroatoms.